The first-order valence-electron chi connectivity index (χ1n) is 5.08. The molecule has 82 valence electrons. The summed E-state index contributed by atoms with van der Waals surface area (Å²) >= 11 is 0. The Balaban J connectivity index is 2.31. The SMILES string of the molecule is COOc1c(C(O)C2CC2)ccnc1C. The van der Waals surface area contributed by atoms with Gasteiger partial charge in [0.15, 0.2) is 5.75 Å². The van der Waals surface area contributed by atoms with Crippen LogP contribution in [0.4, 0.5) is 0 Å². The number of hydrogen-bond acceptors (Lipinski definition) is 4. The van der Waals surface area contributed by atoms with Crippen LogP contribution in [0.1, 0.15) is 30.2 Å². The minimum absolute atomic E-state index is 0.367. The summed E-state index contributed by atoms with van der Waals surface area (Å²) in [5, 5.41) is 10.0. The first-order chi connectivity index (χ1) is 7.24. The molecule has 0 aliphatic heterocycles. The number of aliphatic hydroxyl groups excluding tert-OH is 1. The van der Waals surface area contributed by atoms with Crippen molar-refractivity contribution in [1.29, 1.82) is 0 Å². The van der Waals surface area contributed by atoms with Crippen LogP contribution in [0.25, 0.3) is 0 Å². The zero-order valence-corrected chi connectivity index (χ0v) is 8.93. The second kappa shape index (κ2) is 4.16. The Kier molecular flexibility index (Phi) is 2.88. The summed E-state index contributed by atoms with van der Waals surface area (Å²) in [6, 6.07) is 1.78. The van der Waals surface area contributed by atoms with Crippen LogP contribution in [0.2, 0.25) is 0 Å². The molecule has 1 N–H and O–H groups in total. The summed E-state index contributed by atoms with van der Waals surface area (Å²) in [6.45, 7) is 1.83. The summed E-state index contributed by atoms with van der Waals surface area (Å²) in [7, 11) is 1.44. The van der Waals surface area contributed by atoms with Crippen molar-refractivity contribution in [3.63, 3.8) is 0 Å². The lowest BCUT2D eigenvalue weighted by Crippen LogP contribution is -2.06. The van der Waals surface area contributed by atoms with Crippen LogP contribution in [-0.4, -0.2) is 17.2 Å². The van der Waals surface area contributed by atoms with Crippen LogP contribution in [0.3, 0.4) is 0 Å². The predicted octanol–water partition coefficient (Wildman–Crippen LogP) is 1.77. The maximum atomic E-state index is 10.0. The lowest BCUT2D eigenvalue weighted by atomic mass is 10.0. The fourth-order valence-corrected chi connectivity index (χ4v) is 1.66. The maximum absolute atomic E-state index is 10.0. The van der Waals surface area contributed by atoms with Crippen molar-refractivity contribution in [1.82, 2.24) is 4.98 Å². The monoisotopic (exact) mass is 209 g/mol. The summed E-state index contributed by atoms with van der Waals surface area (Å²) in [4.78, 5) is 13.8. The van der Waals surface area contributed by atoms with Gasteiger partial charge in [-0.15, -0.1) is 0 Å². The molecule has 0 amide bonds. The standard InChI is InChI=1S/C11H15NO3/c1-7-11(15-14-2)9(5-6-12-7)10(13)8-3-4-8/h5-6,8,10,13H,3-4H2,1-2H3. The van der Waals surface area contributed by atoms with E-state index in [1.54, 1.807) is 12.3 Å². The van der Waals surface area contributed by atoms with Gasteiger partial charge in [0.1, 0.15) is 0 Å². The molecular weight excluding hydrogens is 194 g/mol. The highest BCUT2D eigenvalue weighted by molar-refractivity contribution is 5.38. The third kappa shape index (κ3) is 2.11. The molecule has 0 spiro atoms. The van der Waals surface area contributed by atoms with Gasteiger partial charge in [0.2, 0.25) is 0 Å². The number of pyridine rings is 1. The van der Waals surface area contributed by atoms with E-state index >= 15 is 0 Å². The van der Waals surface area contributed by atoms with Crippen molar-refractivity contribution >= 4 is 0 Å². The Morgan fingerprint density at radius 1 is 1.53 bits per heavy atom. The Labute approximate surface area is 88.8 Å². The van der Waals surface area contributed by atoms with Crippen LogP contribution in [0.15, 0.2) is 12.3 Å². The van der Waals surface area contributed by atoms with E-state index in [1.165, 1.54) is 7.11 Å². The molecule has 4 heteroatoms. The quantitative estimate of drug-likeness (QED) is 0.606. The maximum Gasteiger partial charge on any atom is 0.192 e. The Bertz CT molecular complexity index is 350. The topological polar surface area (TPSA) is 51.6 Å². The van der Waals surface area contributed by atoms with Gasteiger partial charge in [-0.05, 0) is 31.7 Å². The normalized spacial score (nSPS) is 17.5. The first-order valence-corrected chi connectivity index (χ1v) is 5.08. The van der Waals surface area contributed by atoms with E-state index in [2.05, 4.69) is 9.87 Å². The van der Waals surface area contributed by atoms with E-state index in [-0.39, 0.29) is 0 Å². The molecule has 1 unspecified atom stereocenters. The third-order valence-corrected chi connectivity index (χ3v) is 2.67. The van der Waals surface area contributed by atoms with Gasteiger partial charge in [0.25, 0.3) is 0 Å². The van der Waals surface area contributed by atoms with Crippen molar-refractivity contribution in [3.8, 4) is 5.75 Å². The third-order valence-electron chi connectivity index (χ3n) is 2.67. The van der Waals surface area contributed by atoms with E-state index < -0.39 is 6.10 Å². The van der Waals surface area contributed by atoms with Gasteiger partial charge >= 0.3 is 0 Å². The molecule has 0 bridgehead atoms. The number of aryl methyl sites for hydroxylation is 1. The number of aromatic nitrogens is 1. The molecule has 0 saturated heterocycles. The molecular formula is C11H15NO3. The molecule has 1 aromatic heterocycles. The van der Waals surface area contributed by atoms with Crippen molar-refractivity contribution in [2.75, 3.05) is 7.11 Å². The Hall–Kier alpha value is -1.13. The second-order valence-corrected chi connectivity index (χ2v) is 3.85. The molecule has 1 heterocycles. The highest BCUT2D eigenvalue weighted by Crippen LogP contribution is 2.43. The fraction of sp³-hybridized carbons (Fsp3) is 0.545. The molecule has 1 aliphatic rings. The number of hydrogen-bond donors (Lipinski definition) is 1. The molecule has 4 nitrogen and oxygen atoms in total. The van der Waals surface area contributed by atoms with Gasteiger partial charge in [0.05, 0.1) is 18.9 Å². The number of nitrogens with zero attached hydrogens (tertiary/aromatic N) is 1. The van der Waals surface area contributed by atoms with Crippen molar-refractivity contribution < 1.29 is 14.9 Å². The minimum Gasteiger partial charge on any atom is -0.388 e. The van der Waals surface area contributed by atoms with Gasteiger partial charge in [-0.1, -0.05) is 0 Å². The molecule has 15 heavy (non-hydrogen) atoms. The number of aliphatic hydroxyl groups is 1. The van der Waals surface area contributed by atoms with Crippen LogP contribution >= 0.6 is 0 Å². The second-order valence-electron chi connectivity index (χ2n) is 3.85. The molecule has 1 saturated carbocycles. The van der Waals surface area contributed by atoms with Crippen LogP contribution in [0, 0.1) is 12.8 Å². The molecule has 1 atom stereocenters. The molecule has 1 aromatic rings. The lowest BCUT2D eigenvalue weighted by molar-refractivity contribution is -0.180. The Morgan fingerprint density at radius 3 is 2.87 bits per heavy atom. The predicted molar refractivity (Wildman–Crippen MR) is 54.3 cm³/mol. The fourth-order valence-electron chi connectivity index (χ4n) is 1.66. The summed E-state index contributed by atoms with van der Waals surface area (Å²) in [5.74, 6) is 0.908. The van der Waals surface area contributed by atoms with E-state index in [9.17, 15) is 5.11 Å². The van der Waals surface area contributed by atoms with Gasteiger partial charge in [0, 0.05) is 11.8 Å². The molecule has 1 aliphatic carbocycles. The average Bonchev–Trinajstić information content (AvgIpc) is 3.04. The van der Waals surface area contributed by atoms with Crippen LogP contribution in [-0.2, 0) is 4.89 Å². The highest BCUT2D eigenvalue weighted by atomic mass is 17.2. The lowest BCUT2D eigenvalue weighted by Gasteiger charge is -2.14. The van der Waals surface area contributed by atoms with E-state index in [0.717, 1.165) is 24.1 Å². The van der Waals surface area contributed by atoms with Crippen molar-refractivity contribution in [2.24, 2.45) is 5.92 Å². The minimum atomic E-state index is -0.461. The van der Waals surface area contributed by atoms with E-state index in [4.69, 9.17) is 4.89 Å². The van der Waals surface area contributed by atoms with E-state index in [1.807, 2.05) is 6.92 Å². The summed E-state index contributed by atoms with van der Waals surface area (Å²) in [5.41, 5.74) is 1.50. The van der Waals surface area contributed by atoms with Gasteiger partial charge < -0.3 is 9.99 Å². The first kappa shape index (κ1) is 10.4. The van der Waals surface area contributed by atoms with Crippen molar-refractivity contribution in [2.45, 2.75) is 25.9 Å². The largest absolute Gasteiger partial charge is 0.388 e. The number of rotatable bonds is 4. The summed E-state index contributed by atoms with van der Waals surface area (Å²) < 4.78 is 0. The molecule has 0 radical (unpaired) electrons. The smallest absolute Gasteiger partial charge is 0.192 e. The zero-order valence-electron chi connectivity index (χ0n) is 8.93. The van der Waals surface area contributed by atoms with E-state index in [0.29, 0.717) is 11.7 Å². The van der Waals surface area contributed by atoms with Gasteiger partial charge in [-0.25, -0.2) is 0 Å². The van der Waals surface area contributed by atoms with Crippen LogP contribution in [0.5, 0.6) is 5.75 Å². The summed E-state index contributed by atoms with van der Waals surface area (Å²) in [6.07, 6.45) is 3.37. The van der Waals surface area contributed by atoms with Gasteiger partial charge in [-0.3, -0.25) is 4.98 Å². The van der Waals surface area contributed by atoms with Gasteiger partial charge in [-0.2, -0.15) is 4.89 Å². The van der Waals surface area contributed by atoms with Crippen LogP contribution < -0.4 is 4.89 Å². The molecule has 2 rings (SSSR count). The molecule has 1 fully saturated rings. The highest BCUT2D eigenvalue weighted by Gasteiger charge is 2.33. The zero-order chi connectivity index (χ0) is 10.8. The Morgan fingerprint density at radius 2 is 2.27 bits per heavy atom. The average molecular weight is 209 g/mol. The van der Waals surface area contributed by atoms with Crippen molar-refractivity contribution in [3.05, 3.63) is 23.5 Å². The molecule has 0 aromatic carbocycles.